The van der Waals surface area contributed by atoms with Crippen molar-refractivity contribution in [3.05, 3.63) is 65.0 Å². The van der Waals surface area contributed by atoms with Crippen LogP contribution in [0.15, 0.2) is 42.5 Å². The number of imidazole rings is 1. The number of benzene rings is 2. The summed E-state index contributed by atoms with van der Waals surface area (Å²) in [6.07, 6.45) is 0. The minimum absolute atomic E-state index is 0.266. The molecule has 0 fully saturated rings. The van der Waals surface area contributed by atoms with Crippen molar-refractivity contribution in [2.24, 2.45) is 0 Å². The van der Waals surface area contributed by atoms with Gasteiger partial charge in [0.1, 0.15) is 11.6 Å². The van der Waals surface area contributed by atoms with Crippen molar-refractivity contribution >= 4 is 0 Å². The lowest BCUT2D eigenvalue weighted by molar-refractivity contribution is 0.475. The van der Waals surface area contributed by atoms with Gasteiger partial charge in [-0.3, -0.25) is 4.57 Å². The first-order valence-corrected chi connectivity index (χ1v) is 7.40. The van der Waals surface area contributed by atoms with Crippen LogP contribution in [0.3, 0.4) is 0 Å². The van der Waals surface area contributed by atoms with Crippen LogP contribution < -0.4 is 0 Å². The molecule has 2 aromatic carbocycles. The molecule has 3 nitrogen and oxygen atoms in total. The second kappa shape index (κ2) is 5.34. The second-order valence-electron chi connectivity index (χ2n) is 5.78. The fourth-order valence-electron chi connectivity index (χ4n) is 2.67. The van der Waals surface area contributed by atoms with Crippen LogP contribution in [0.2, 0.25) is 0 Å². The third kappa shape index (κ3) is 2.39. The Balaban J connectivity index is 2.27. The number of aromatic nitrogens is 2. The van der Waals surface area contributed by atoms with Crippen LogP contribution in [-0.2, 0) is 0 Å². The number of aryl methyl sites for hydroxylation is 3. The smallest absolute Gasteiger partial charge is 0.145 e. The van der Waals surface area contributed by atoms with Gasteiger partial charge < -0.3 is 5.11 Å². The van der Waals surface area contributed by atoms with E-state index in [4.69, 9.17) is 4.98 Å². The zero-order valence-corrected chi connectivity index (χ0v) is 13.4. The fraction of sp³-hybridized carbons (Fsp3) is 0.211. The van der Waals surface area contributed by atoms with Gasteiger partial charge in [0.25, 0.3) is 0 Å². The highest BCUT2D eigenvalue weighted by atomic mass is 16.3. The first kappa shape index (κ1) is 14.4. The van der Waals surface area contributed by atoms with E-state index in [0.717, 1.165) is 28.5 Å². The average Bonchev–Trinajstić information content (AvgIpc) is 2.78. The van der Waals surface area contributed by atoms with E-state index in [0.29, 0.717) is 0 Å². The molecule has 0 aliphatic carbocycles. The Kier molecular flexibility index (Phi) is 3.49. The van der Waals surface area contributed by atoms with Gasteiger partial charge in [-0.2, -0.15) is 0 Å². The Morgan fingerprint density at radius 3 is 2.27 bits per heavy atom. The summed E-state index contributed by atoms with van der Waals surface area (Å²) in [6.45, 7) is 8.33. The molecule has 0 saturated heterocycles. The predicted molar refractivity (Wildman–Crippen MR) is 89.6 cm³/mol. The second-order valence-corrected chi connectivity index (χ2v) is 5.78. The molecule has 1 aromatic heterocycles. The van der Waals surface area contributed by atoms with E-state index in [1.807, 2.05) is 19.1 Å². The van der Waals surface area contributed by atoms with Crippen LogP contribution in [0.4, 0.5) is 0 Å². The van der Waals surface area contributed by atoms with Crippen molar-refractivity contribution in [2.45, 2.75) is 27.7 Å². The van der Waals surface area contributed by atoms with Crippen molar-refractivity contribution in [3.63, 3.8) is 0 Å². The van der Waals surface area contributed by atoms with Crippen molar-refractivity contribution in [1.29, 1.82) is 0 Å². The van der Waals surface area contributed by atoms with Gasteiger partial charge >= 0.3 is 0 Å². The van der Waals surface area contributed by atoms with Crippen LogP contribution in [-0.4, -0.2) is 14.7 Å². The average molecular weight is 292 g/mol. The first-order chi connectivity index (χ1) is 10.5. The lowest BCUT2D eigenvalue weighted by Gasteiger charge is -2.14. The van der Waals surface area contributed by atoms with Crippen molar-refractivity contribution in [1.82, 2.24) is 9.55 Å². The van der Waals surface area contributed by atoms with E-state index < -0.39 is 0 Å². The minimum Gasteiger partial charge on any atom is -0.508 e. The van der Waals surface area contributed by atoms with Gasteiger partial charge in [-0.1, -0.05) is 12.1 Å². The molecule has 0 atom stereocenters. The van der Waals surface area contributed by atoms with Crippen LogP contribution in [0.25, 0.3) is 17.1 Å². The molecule has 0 amide bonds. The van der Waals surface area contributed by atoms with Gasteiger partial charge in [0.2, 0.25) is 0 Å². The fourth-order valence-corrected chi connectivity index (χ4v) is 2.67. The number of nitrogens with zero attached hydrogens (tertiary/aromatic N) is 2. The number of aromatic hydroxyl groups is 1. The zero-order valence-electron chi connectivity index (χ0n) is 13.4. The molecule has 0 unspecified atom stereocenters. The molecule has 0 aliphatic heterocycles. The van der Waals surface area contributed by atoms with Crippen molar-refractivity contribution in [3.8, 4) is 22.8 Å². The monoisotopic (exact) mass is 292 g/mol. The first-order valence-electron chi connectivity index (χ1n) is 7.40. The highest BCUT2D eigenvalue weighted by Gasteiger charge is 2.16. The lowest BCUT2D eigenvalue weighted by atomic mass is 10.1. The van der Waals surface area contributed by atoms with E-state index in [2.05, 4.69) is 43.5 Å². The van der Waals surface area contributed by atoms with Gasteiger partial charge in [0.15, 0.2) is 0 Å². The molecule has 3 aromatic rings. The van der Waals surface area contributed by atoms with E-state index in [-0.39, 0.29) is 5.75 Å². The highest BCUT2D eigenvalue weighted by molar-refractivity contribution is 5.62. The maximum absolute atomic E-state index is 9.50. The summed E-state index contributed by atoms with van der Waals surface area (Å²) in [5, 5.41) is 9.50. The molecule has 3 rings (SSSR count). The quantitative estimate of drug-likeness (QED) is 0.756. The Morgan fingerprint density at radius 1 is 0.909 bits per heavy atom. The number of rotatable bonds is 2. The normalized spacial score (nSPS) is 10.9. The Labute approximate surface area is 130 Å². The lowest BCUT2D eigenvalue weighted by Crippen LogP contribution is -2.02. The van der Waals surface area contributed by atoms with Crippen LogP contribution in [0.1, 0.15) is 22.5 Å². The van der Waals surface area contributed by atoms with Crippen LogP contribution in [0, 0.1) is 27.7 Å². The molecule has 0 spiro atoms. The van der Waals surface area contributed by atoms with Crippen molar-refractivity contribution in [2.75, 3.05) is 0 Å². The van der Waals surface area contributed by atoms with E-state index in [1.54, 1.807) is 12.1 Å². The predicted octanol–water partition coefficient (Wildman–Crippen LogP) is 4.48. The van der Waals surface area contributed by atoms with Crippen LogP contribution in [0.5, 0.6) is 5.75 Å². The molecule has 1 N–H and O–H groups in total. The SMILES string of the molecule is Cc1ccc(C)c(-n2c(-c3ccc(O)cc3)nc(C)c2C)c1. The molecular formula is C19H20N2O. The summed E-state index contributed by atoms with van der Waals surface area (Å²) in [4.78, 5) is 4.74. The third-order valence-electron chi connectivity index (χ3n) is 4.08. The molecule has 112 valence electrons. The third-order valence-corrected chi connectivity index (χ3v) is 4.08. The van der Waals surface area contributed by atoms with Gasteiger partial charge in [-0.15, -0.1) is 0 Å². The molecular weight excluding hydrogens is 272 g/mol. The molecule has 0 saturated carbocycles. The van der Waals surface area contributed by atoms with E-state index in [1.165, 1.54) is 11.1 Å². The van der Waals surface area contributed by atoms with Gasteiger partial charge in [-0.05, 0) is 69.2 Å². The minimum atomic E-state index is 0.266. The largest absolute Gasteiger partial charge is 0.508 e. The number of phenolic OH excluding ortho intramolecular Hbond substituents is 1. The Bertz CT molecular complexity index is 829. The summed E-state index contributed by atoms with van der Waals surface area (Å²) >= 11 is 0. The van der Waals surface area contributed by atoms with E-state index >= 15 is 0 Å². The Morgan fingerprint density at radius 2 is 1.59 bits per heavy atom. The summed E-state index contributed by atoms with van der Waals surface area (Å²) in [7, 11) is 0. The van der Waals surface area contributed by atoms with Gasteiger partial charge in [0, 0.05) is 11.3 Å². The topological polar surface area (TPSA) is 38.0 Å². The zero-order chi connectivity index (χ0) is 15.9. The molecule has 0 bridgehead atoms. The molecule has 0 radical (unpaired) electrons. The van der Waals surface area contributed by atoms with E-state index in [9.17, 15) is 5.11 Å². The molecule has 0 aliphatic rings. The molecule has 3 heteroatoms. The van der Waals surface area contributed by atoms with Crippen LogP contribution >= 0.6 is 0 Å². The maximum atomic E-state index is 9.50. The summed E-state index contributed by atoms with van der Waals surface area (Å²) in [6, 6.07) is 13.6. The number of phenols is 1. The summed E-state index contributed by atoms with van der Waals surface area (Å²) in [5.74, 6) is 1.17. The molecule has 22 heavy (non-hydrogen) atoms. The summed E-state index contributed by atoms with van der Waals surface area (Å²) < 4.78 is 2.20. The van der Waals surface area contributed by atoms with Crippen molar-refractivity contribution < 1.29 is 5.11 Å². The van der Waals surface area contributed by atoms with Gasteiger partial charge in [-0.25, -0.2) is 4.98 Å². The molecule has 1 heterocycles. The standard InChI is InChI=1S/C19H20N2O/c1-12-5-6-13(2)18(11-12)21-15(4)14(3)20-19(21)16-7-9-17(22)10-8-16/h5-11,22H,1-4H3. The van der Waals surface area contributed by atoms with Gasteiger partial charge in [0.05, 0.1) is 11.4 Å². The summed E-state index contributed by atoms with van der Waals surface area (Å²) in [5.41, 5.74) is 6.74. The number of hydrogen-bond donors (Lipinski definition) is 1. The highest BCUT2D eigenvalue weighted by Crippen LogP contribution is 2.29. The number of hydrogen-bond acceptors (Lipinski definition) is 2. The maximum Gasteiger partial charge on any atom is 0.145 e. The Hall–Kier alpha value is -2.55.